The number of nitrogens with zero attached hydrogens (tertiary/aromatic N) is 2. The summed E-state index contributed by atoms with van der Waals surface area (Å²) in [6, 6.07) is 4.84. The standard InChI is InChI=1S/C17H20Cl2N2O4S/c1-2-26(23,24)21-7-5-17(6-8-21)11-20(12-17)16(22)10-25-15-4-3-13(18)9-14(15)19/h2-4,9H,1,5-8,10-12H2. The highest BCUT2D eigenvalue weighted by molar-refractivity contribution is 7.92. The number of sulfonamides is 1. The lowest BCUT2D eigenvalue weighted by Crippen LogP contribution is -2.62. The summed E-state index contributed by atoms with van der Waals surface area (Å²) in [5, 5.41) is 1.85. The van der Waals surface area contributed by atoms with Crippen LogP contribution in [-0.4, -0.2) is 56.3 Å². The fourth-order valence-corrected chi connectivity index (χ4v) is 4.76. The first-order valence-electron chi connectivity index (χ1n) is 8.23. The van der Waals surface area contributed by atoms with Crippen LogP contribution in [0, 0.1) is 5.41 Å². The second-order valence-corrected chi connectivity index (χ2v) is 9.45. The smallest absolute Gasteiger partial charge is 0.260 e. The van der Waals surface area contributed by atoms with Gasteiger partial charge in [-0.3, -0.25) is 4.79 Å². The molecule has 0 aliphatic carbocycles. The van der Waals surface area contributed by atoms with Crippen molar-refractivity contribution < 1.29 is 17.9 Å². The number of ether oxygens (including phenoxy) is 1. The quantitative estimate of drug-likeness (QED) is 0.736. The fraction of sp³-hybridized carbons (Fsp3) is 0.471. The normalized spacial score (nSPS) is 19.8. The van der Waals surface area contributed by atoms with Crippen molar-refractivity contribution in [3.63, 3.8) is 0 Å². The highest BCUT2D eigenvalue weighted by Gasteiger charge is 2.47. The Morgan fingerprint density at radius 1 is 1.27 bits per heavy atom. The van der Waals surface area contributed by atoms with Gasteiger partial charge < -0.3 is 9.64 Å². The monoisotopic (exact) mass is 418 g/mol. The van der Waals surface area contributed by atoms with Crippen LogP contribution in [0.15, 0.2) is 30.2 Å². The number of amides is 1. The maximum absolute atomic E-state index is 12.3. The van der Waals surface area contributed by atoms with Crippen LogP contribution in [0.5, 0.6) is 5.75 Å². The van der Waals surface area contributed by atoms with E-state index in [1.807, 2.05) is 0 Å². The zero-order valence-corrected chi connectivity index (χ0v) is 16.5. The van der Waals surface area contributed by atoms with Crippen molar-refractivity contribution in [2.24, 2.45) is 5.41 Å². The molecule has 1 amide bonds. The molecule has 1 spiro atoms. The lowest BCUT2D eigenvalue weighted by atomic mass is 9.72. The van der Waals surface area contributed by atoms with Gasteiger partial charge in [0.25, 0.3) is 5.91 Å². The van der Waals surface area contributed by atoms with Crippen LogP contribution >= 0.6 is 23.2 Å². The molecule has 26 heavy (non-hydrogen) atoms. The van der Waals surface area contributed by atoms with Gasteiger partial charge in [-0.15, -0.1) is 0 Å². The molecule has 2 aliphatic rings. The number of benzene rings is 1. The number of hydrogen-bond acceptors (Lipinski definition) is 4. The van der Waals surface area contributed by atoms with Gasteiger partial charge in [-0.1, -0.05) is 29.8 Å². The first-order valence-corrected chi connectivity index (χ1v) is 10.5. The van der Waals surface area contributed by atoms with E-state index in [1.165, 1.54) is 4.31 Å². The fourth-order valence-electron chi connectivity index (χ4n) is 3.40. The zero-order chi connectivity index (χ0) is 18.9. The summed E-state index contributed by atoms with van der Waals surface area (Å²) in [5.74, 6) is 0.311. The van der Waals surface area contributed by atoms with Gasteiger partial charge >= 0.3 is 0 Å². The van der Waals surface area contributed by atoms with Gasteiger partial charge in [0.2, 0.25) is 10.0 Å². The van der Waals surface area contributed by atoms with Gasteiger partial charge in [0.1, 0.15) is 5.75 Å². The number of piperidine rings is 1. The molecule has 0 aromatic heterocycles. The molecule has 0 atom stereocenters. The van der Waals surface area contributed by atoms with Crippen molar-refractivity contribution >= 4 is 39.1 Å². The number of carbonyl (C=O) groups excluding carboxylic acids is 1. The minimum absolute atomic E-state index is 0.0147. The van der Waals surface area contributed by atoms with E-state index < -0.39 is 10.0 Å². The van der Waals surface area contributed by atoms with E-state index in [2.05, 4.69) is 6.58 Å². The molecule has 9 heteroatoms. The molecule has 2 fully saturated rings. The summed E-state index contributed by atoms with van der Waals surface area (Å²) in [7, 11) is -3.36. The molecule has 6 nitrogen and oxygen atoms in total. The Kier molecular flexibility index (Phi) is 5.53. The van der Waals surface area contributed by atoms with Gasteiger partial charge in [0.05, 0.1) is 5.02 Å². The first-order chi connectivity index (χ1) is 12.2. The molecule has 2 aliphatic heterocycles. The lowest BCUT2D eigenvalue weighted by Gasteiger charge is -2.53. The molecule has 0 saturated carbocycles. The summed E-state index contributed by atoms with van der Waals surface area (Å²) in [6.07, 6.45) is 1.49. The van der Waals surface area contributed by atoms with Crippen LogP contribution in [0.2, 0.25) is 10.0 Å². The predicted octanol–water partition coefficient (Wildman–Crippen LogP) is 2.77. The van der Waals surface area contributed by atoms with E-state index in [1.54, 1.807) is 23.1 Å². The van der Waals surface area contributed by atoms with Gasteiger partial charge in [0.15, 0.2) is 6.61 Å². The molecule has 1 aromatic rings. The van der Waals surface area contributed by atoms with E-state index in [0.717, 1.165) is 18.2 Å². The molecule has 142 valence electrons. The summed E-state index contributed by atoms with van der Waals surface area (Å²) in [6.45, 7) is 5.46. The summed E-state index contributed by atoms with van der Waals surface area (Å²) < 4.78 is 30.6. The van der Waals surface area contributed by atoms with Gasteiger partial charge in [0, 0.05) is 42.0 Å². The van der Waals surface area contributed by atoms with E-state index in [9.17, 15) is 13.2 Å². The van der Waals surface area contributed by atoms with E-state index in [4.69, 9.17) is 27.9 Å². The minimum Gasteiger partial charge on any atom is -0.482 e. The Hall–Kier alpha value is -1.28. The lowest BCUT2D eigenvalue weighted by molar-refractivity contribution is -0.148. The highest BCUT2D eigenvalue weighted by atomic mass is 35.5. The Labute approximate surface area is 163 Å². The second kappa shape index (κ2) is 7.38. The molecular weight excluding hydrogens is 399 g/mol. The Bertz CT molecular complexity index is 812. The summed E-state index contributed by atoms with van der Waals surface area (Å²) in [4.78, 5) is 14.0. The first kappa shape index (κ1) is 19.5. The van der Waals surface area contributed by atoms with Crippen molar-refractivity contribution in [1.82, 2.24) is 9.21 Å². The molecule has 0 bridgehead atoms. The average Bonchev–Trinajstić information content (AvgIpc) is 2.58. The van der Waals surface area contributed by atoms with Crippen LogP contribution in [0.4, 0.5) is 0 Å². The molecule has 0 N–H and O–H groups in total. The molecule has 0 unspecified atom stereocenters. The number of hydrogen-bond donors (Lipinski definition) is 0. The van der Waals surface area contributed by atoms with Crippen LogP contribution < -0.4 is 4.74 Å². The molecule has 2 heterocycles. The molecule has 2 saturated heterocycles. The number of halogens is 2. The Balaban J connectivity index is 1.48. The number of likely N-dealkylation sites (tertiary alicyclic amines) is 1. The Morgan fingerprint density at radius 2 is 1.92 bits per heavy atom. The number of carbonyl (C=O) groups is 1. The maximum Gasteiger partial charge on any atom is 0.260 e. The largest absolute Gasteiger partial charge is 0.482 e. The van der Waals surface area contributed by atoms with Crippen molar-refractivity contribution in [2.75, 3.05) is 32.8 Å². The second-order valence-electron chi connectivity index (χ2n) is 6.72. The third kappa shape index (κ3) is 4.01. The summed E-state index contributed by atoms with van der Waals surface area (Å²) in [5.41, 5.74) is 0.0147. The maximum atomic E-state index is 12.3. The molecule has 0 radical (unpaired) electrons. The molecule has 1 aromatic carbocycles. The van der Waals surface area contributed by atoms with E-state index >= 15 is 0 Å². The van der Waals surface area contributed by atoms with Crippen molar-refractivity contribution in [2.45, 2.75) is 12.8 Å². The Morgan fingerprint density at radius 3 is 2.50 bits per heavy atom. The van der Waals surface area contributed by atoms with Crippen molar-refractivity contribution in [3.8, 4) is 5.75 Å². The minimum atomic E-state index is -3.36. The van der Waals surface area contributed by atoms with Crippen molar-refractivity contribution in [3.05, 3.63) is 40.2 Å². The van der Waals surface area contributed by atoms with E-state index in [-0.39, 0.29) is 17.9 Å². The van der Waals surface area contributed by atoms with Crippen LogP contribution in [0.1, 0.15) is 12.8 Å². The molecular formula is C17H20Cl2N2O4S. The topological polar surface area (TPSA) is 66.9 Å². The summed E-state index contributed by atoms with van der Waals surface area (Å²) >= 11 is 11.9. The SMILES string of the molecule is C=CS(=O)(=O)N1CCC2(CC1)CN(C(=O)COc1ccc(Cl)cc1Cl)C2. The van der Waals surface area contributed by atoms with E-state index in [0.29, 0.717) is 42.0 Å². The van der Waals surface area contributed by atoms with Crippen LogP contribution in [0.3, 0.4) is 0 Å². The number of rotatable bonds is 5. The van der Waals surface area contributed by atoms with Crippen LogP contribution in [0.25, 0.3) is 0 Å². The van der Waals surface area contributed by atoms with Gasteiger partial charge in [-0.05, 0) is 31.0 Å². The molecule has 3 rings (SSSR count). The average molecular weight is 419 g/mol. The van der Waals surface area contributed by atoms with Crippen LogP contribution in [-0.2, 0) is 14.8 Å². The van der Waals surface area contributed by atoms with Crippen molar-refractivity contribution in [1.29, 1.82) is 0 Å². The third-order valence-electron chi connectivity index (χ3n) is 5.00. The third-order valence-corrected chi connectivity index (χ3v) is 7.04. The zero-order valence-electron chi connectivity index (χ0n) is 14.2. The predicted molar refractivity (Wildman–Crippen MR) is 101 cm³/mol. The van der Waals surface area contributed by atoms with Gasteiger partial charge in [-0.25, -0.2) is 8.42 Å². The highest BCUT2D eigenvalue weighted by Crippen LogP contribution is 2.41. The van der Waals surface area contributed by atoms with Gasteiger partial charge in [-0.2, -0.15) is 4.31 Å².